The van der Waals surface area contributed by atoms with Gasteiger partial charge in [0, 0.05) is 17.1 Å². The van der Waals surface area contributed by atoms with Gasteiger partial charge < -0.3 is 10.1 Å². The molecular weight excluding hydrogens is 377 g/mol. The van der Waals surface area contributed by atoms with Crippen molar-refractivity contribution in [2.24, 2.45) is 0 Å². The van der Waals surface area contributed by atoms with Crippen molar-refractivity contribution in [3.8, 4) is 0 Å². The van der Waals surface area contributed by atoms with E-state index in [4.69, 9.17) is 16.3 Å². The topological polar surface area (TPSA) is 38.3 Å². The Morgan fingerprint density at radius 1 is 0.893 bits per heavy atom. The number of hydrogen-bond donors (Lipinski definition) is 1. The van der Waals surface area contributed by atoms with Gasteiger partial charge in [-0.25, -0.2) is 4.39 Å². The molecule has 28 heavy (non-hydrogen) atoms. The third-order valence-corrected chi connectivity index (χ3v) is 4.72. The molecule has 3 aromatic carbocycles. The minimum Gasteiger partial charge on any atom is -0.372 e. The maximum absolute atomic E-state index is 13.8. The monoisotopic (exact) mass is 397 g/mol. The average molecular weight is 398 g/mol. The van der Waals surface area contributed by atoms with Crippen LogP contribution in [0.25, 0.3) is 0 Å². The molecule has 0 saturated heterocycles. The Morgan fingerprint density at radius 3 is 2.36 bits per heavy atom. The summed E-state index contributed by atoms with van der Waals surface area (Å²) in [5.41, 5.74) is 3.28. The maximum Gasteiger partial charge on any atom is 0.224 e. The second-order valence-corrected chi connectivity index (χ2v) is 6.81. The molecule has 3 aromatic rings. The highest BCUT2D eigenvalue weighted by atomic mass is 35.5. The van der Waals surface area contributed by atoms with E-state index in [9.17, 15) is 9.18 Å². The molecule has 0 fully saturated rings. The number of hydrogen-bond acceptors (Lipinski definition) is 2. The van der Waals surface area contributed by atoms with Crippen LogP contribution in [0.15, 0.2) is 72.8 Å². The fourth-order valence-corrected chi connectivity index (χ4v) is 3.07. The van der Waals surface area contributed by atoms with Gasteiger partial charge in [-0.1, -0.05) is 72.3 Å². The van der Waals surface area contributed by atoms with Crippen LogP contribution in [0, 0.1) is 5.82 Å². The van der Waals surface area contributed by atoms with Gasteiger partial charge in [0.15, 0.2) is 0 Å². The molecular formula is C23H21ClFNO2. The van der Waals surface area contributed by atoms with Gasteiger partial charge >= 0.3 is 0 Å². The summed E-state index contributed by atoms with van der Waals surface area (Å²) in [6.07, 6.45) is -0.0990. The maximum atomic E-state index is 13.8. The normalized spacial score (nSPS) is 10.6. The first-order chi connectivity index (χ1) is 13.6. The van der Waals surface area contributed by atoms with Crippen LogP contribution < -0.4 is 5.32 Å². The van der Waals surface area contributed by atoms with E-state index in [1.54, 1.807) is 6.07 Å². The lowest BCUT2D eigenvalue weighted by Gasteiger charge is -2.12. The lowest BCUT2D eigenvalue weighted by molar-refractivity contribution is -0.120. The van der Waals surface area contributed by atoms with Crippen LogP contribution in [0.1, 0.15) is 22.3 Å². The van der Waals surface area contributed by atoms with Gasteiger partial charge in [0.05, 0.1) is 19.6 Å². The summed E-state index contributed by atoms with van der Waals surface area (Å²) in [6.45, 7) is 1.31. The van der Waals surface area contributed by atoms with Crippen LogP contribution in [0.2, 0.25) is 5.02 Å². The molecule has 144 valence electrons. The van der Waals surface area contributed by atoms with Crippen molar-refractivity contribution >= 4 is 17.5 Å². The second kappa shape index (κ2) is 10.0. The van der Waals surface area contributed by atoms with Crippen LogP contribution >= 0.6 is 11.6 Å². The Morgan fingerprint density at radius 2 is 1.61 bits per heavy atom. The van der Waals surface area contributed by atoms with Crippen LogP contribution in [-0.4, -0.2) is 5.91 Å². The average Bonchev–Trinajstić information content (AvgIpc) is 2.71. The molecule has 0 aromatic heterocycles. The zero-order valence-corrected chi connectivity index (χ0v) is 16.1. The molecule has 1 N–H and O–H groups in total. The van der Waals surface area contributed by atoms with Crippen LogP contribution in [0.5, 0.6) is 0 Å². The van der Waals surface area contributed by atoms with Crippen LogP contribution in [-0.2, 0) is 35.7 Å². The standard InChI is InChI=1S/C23H21ClFNO2/c24-21-11-6-12-22(25)20(21)13-23(27)26-14-18-9-4-5-10-19(18)16-28-15-17-7-2-1-3-8-17/h1-12H,13-16H2,(H,26,27). The van der Waals surface area contributed by atoms with Gasteiger partial charge in [0.2, 0.25) is 5.91 Å². The highest BCUT2D eigenvalue weighted by Gasteiger charge is 2.12. The summed E-state index contributed by atoms with van der Waals surface area (Å²) in [4.78, 5) is 12.2. The van der Waals surface area contributed by atoms with E-state index in [1.807, 2.05) is 54.6 Å². The molecule has 3 rings (SSSR count). The van der Waals surface area contributed by atoms with E-state index in [1.165, 1.54) is 12.1 Å². The van der Waals surface area contributed by atoms with E-state index in [0.717, 1.165) is 16.7 Å². The number of nitrogens with one attached hydrogen (secondary N) is 1. The zero-order chi connectivity index (χ0) is 19.8. The molecule has 0 bridgehead atoms. The summed E-state index contributed by atoms with van der Waals surface area (Å²) in [5.74, 6) is -0.760. The highest BCUT2D eigenvalue weighted by molar-refractivity contribution is 6.31. The first-order valence-electron chi connectivity index (χ1n) is 9.01. The molecule has 3 nitrogen and oxygen atoms in total. The van der Waals surface area contributed by atoms with E-state index >= 15 is 0 Å². The van der Waals surface area contributed by atoms with Gasteiger partial charge in [-0.2, -0.15) is 0 Å². The molecule has 0 spiro atoms. The third kappa shape index (κ3) is 5.65. The Kier molecular flexibility index (Phi) is 7.18. The Labute approximate surface area is 169 Å². The number of benzene rings is 3. The smallest absolute Gasteiger partial charge is 0.224 e. The molecule has 0 radical (unpaired) electrons. The Bertz CT molecular complexity index is 911. The SMILES string of the molecule is O=C(Cc1c(F)cccc1Cl)NCc1ccccc1COCc1ccccc1. The quantitative estimate of drug-likeness (QED) is 0.577. The third-order valence-electron chi connectivity index (χ3n) is 4.36. The van der Waals surface area contributed by atoms with Crippen molar-refractivity contribution in [1.29, 1.82) is 0 Å². The largest absolute Gasteiger partial charge is 0.372 e. The minimum absolute atomic E-state index is 0.0990. The number of carbonyl (C=O) groups is 1. The number of halogens is 2. The van der Waals surface area contributed by atoms with Gasteiger partial charge in [-0.15, -0.1) is 0 Å². The molecule has 0 atom stereocenters. The summed E-state index contributed by atoms with van der Waals surface area (Å²) < 4.78 is 19.6. The highest BCUT2D eigenvalue weighted by Crippen LogP contribution is 2.19. The fourth-order valence-electron chi connectivity index (χ4n) is 2.84. The zero-order valence-electron chi connectivity index (χ0n) is 15.3. The van der Waals surface area contributed by atoms with Crippen LogP contribution in [0.3, 0.4) is 0 Å². The first-order valence-corrected chi connectivity index (χ1v) is 9.39. The first kappa shape index (κ1) is 20.1. The Hall–Kier alpha value is -2.69. The van der Waals surface area contributed by atoms with Gasteiger partial charge in [0.25, 0.3) is 0 Å². The van der Waals surface area contributed by atoms with Crippen molar-refractivity contribution in [1.82, 2.24) is 5.32 Å². The van der Waals surface area contributed by atoms with E-state index in [-0.39, 0.29) is 22.9 Å². The molecule has 5 heteroatoms. The summed E-state index contributed by atoms with van der Waals surface area (Å²) in [7, 11) is 0. The van der Waals surface area contributed by atoms with Gasteiger partial charge in [-0.3, -0.25) is 4.79 Å². The summed E-state index contributed by atoms with van der Waals surface area (Å²) >= 11 is 5.99. The van der Waals surface area contributed by atoms with Crippen molar-refractivity contribution in [3.05, 3.63) is 106 Å². The molecule has 0 saturated carbocycles. The second-order valence-electron chi connectivity index (χ2n) is 6.40. The van der Waals surface area contributed by atoms with E-state index < -0.39 is 5.82 Å². The molecule has 1 amide bonds. The lowest BCUT2D eigenvalue weighted by atomic mass is 10.1. The van der Waals surface area contributed by atoms with Crippen molar-refractivity contribution in [2.75, 3.05) is 0 Å². The lowest BCUT2D eigenvalue weighted by Crippen LogP contribution is -2.25. The van der Waals surface area contributed by atoms with E-state index in [0.29, 0.717) is 19.8 Å². The van der Waals surface area contributed by atoms with Crippen molar-refractivity contribution in [2.45, 2.75) is 26.2 Å². The van der Waals surface area contributed by atoms with Crippen LogP contribution in [0.4, 0.5) is 4.39 Å². The van der Waals surface area contributed by atoms with Gasteiger partial charge in [0.1, 0.15) is 5.82 Å². The molecule has 0 unspecified atom stereocenters. The predicted molar refractivity (Wildman–Crippen MR) is 108 cm³/mol. The fraction of sp³-hybridized carbons (Fsp3) is 0.174. The molecule has 0 aliphatic carbocycles. The summed E-state index contributed by atoms with van der Waals surface area (Å²) in [6, 6.07) is 22.1. The molecule has 0 heterocycles. The summed E-state index contributed by atoms with van der Waals surface area (Å²) in [5, 5.41) is 3.09. The molecule has 0 aliphatic rings. The number of rotatable bonds is 8. The van der Waals surface area contributed by atoms with Gasteiger partial charge in [-0.05, 0) is 28.8 Å². The van der Waals surface area contributed by atoms with Crippen molar-refractivity contribution < 1.29 is 13.9 Å². The minimum atomic E-state index is -0.475. The predicted octanol–water partition coefficient (Wildman–Crippen LogP) is 5.05. The van der Waals surface area contributed by atoms with E-state index in [2.05, 4.69) is 5.32 Å². The number of carbonyl (C=O) groups excluding carboxylic acids is 1. The Balaban J connectivity index is 1.55. The number of amides is 1. The number of ether oxygens (including phenoxy) is 1. The van der Waals surface area contributed by atoms with Crippen molar-refractivity contribution in [3.63, 3.8) is 0 Å². The molecule has 0 aliphatic heterocycles.